The second-order valence-electron chi connectivity index (χ2n) is 6.72. The average molecular weight is 429 g/mol. The molecular formula is C21H30Cl2N2OS. The van der Waals surface area contributed by atoms with Crippen molar-refractivity contribution >= 4 is 37.4 Å². The Balaban J connectivity index is 0.00000182. The van der Waals surface area contributed by atoms with Crippen molar-refractivity contribution in [2.75, 3.05) is 39.3 Å². The van der Waals surface area contributed by atoms with Crippen LogP contribution >= 0.6 is 37.4 Å². The predicted molar refractivity (Wildman–Crippen MR) is 122 cm³/mol. The van der Waals surface area contributed by atoms with Gasteiger partial charge in [-0.2, -0.15) is 12.6 Å². The number of nitrogens with zero attached hydrogens (tertiary/aromatic N) is 2. The highest BCUT2D eigenvalue weighted by atomic mass is 35.5. The quantitative estimate of drug-likeness (QED) is 0.635. The first-order chi connectivity index (χ1) is 12.3. The summed E-state index contributed by atoms with van der Waals surface area (Å²) in [6.07, 6.45) is 0. The standard InChI is InChI=1S/C21H28N2OS.2ClH/c25-21(18-24-17-20-9-5-2-6-10-20)16-23-13-11-22(12-14-23)15-19-7-3-1-4-8-19;;/h1-10,21,25H,11-18H2;2*1H. The van der Waals surface area contributed by atoms with E-state index in [2.05, 4.69) is 52.3 Å². The van der Waals surface area contributed by atoms with E-state index in [0.29, 0.717) is 13.2 Å². The minimum absolute atomic E-state index is 0. The molecule has 0 bridgehead atoms. The van der Waals surface area contributed by atoms with Crippen LogP contribution in [0.3, 0.4) is 0 Å². The molecule has 0 aromatic heterocycles. The van der Waals surface area contributed by atoms with Gasteiger partial charge >= 0.3 is 0 Å². The molecule has 1 fully saturated rings. The van der Waals surface area contributed by atoms with Gasteiger partial charge in [-0.05, 0) is 11.1 Å². The molecule has 3 rings (SSSR count). The molecule has 27 heavy (non-hydrogen) atoms. The van der Waals surface area contributed by atoms with E-state index in [4.69, 9.17) is 17.4 Å². The summed E-state index contributed by atoms with van der Waals surface area (Å²) < 4.78 is 5.81. The van der Waals surface area contributed by atoms with Crippen LogP contribution in [-0.4, -0.2) is 54.4 Å². The van der Waals surface area contributed by atoms with Gasteiger partial charge in [-0.1, -0.05) is 60.7 Å². The lowest BCUT2D eigenvalue weighted by molar-refractivity contribution is 0.0941. The van der Waals surface area contributed by atoms with Crippen molar-refractivity contribution in [1.82, 2.24) is 9.80 Å². The van der Waals surface area contributed by atoms with Crippen LogP contribution in [0.4, 0.5) is 0 Å². The second kappa shape index (κ2) is 13.4. The lowest BCUT2D eigenvalue weighted by Crippen LogP contribution is -2.47. The van der Waals surface area contributed by atoms with Crippen LogP contribution in [0.1, 0.15) is 11.1 Å². The first kappa shape index (κ1) is 24.3. The summed E-state index contributed by atoms with van der Waals surface area (Å²) in [5.74, 6) is 0. The molecule has 0 spiro atoms. The van der Waals surface area contributed by atoms with Crippen molar-refractivity contribution in [3.63, 3.8) is 0 Å². The highest BCUT2D eigenvalue weighted by molar-refractivity contribution is 7.81. The van der Waals surface area contributed by atoms with Crippen molar-refractivity contribution in [3.05, 3.63) is 71.8 Å². The third-order valence-electron chi connectivity index (χ3n) is 4.60. The van der Waals surface area contributed by atoms with Gasteiger partial charge in [-0.15, -0.1) is 24.8 Å². The molecule has 0 amide bonds. The van der Waals surface area contributed by atoms with Crippen LogP contribution < -0.4 is 0 Å². The lowest BCUT2D eigenvalue weighted by atomic mass is 10.2. The summed E-state index contributed by atoms with van der Waals surface area (Å²) in [6, 6.07) is 21.0. The number of benzene rings is 2. The fraction of sp³-hybridized carbons (Fsp3) is 0.429. The number of halogens is 2. The first-order valence-corrected chi connectivity index (χ1v) is 9.59. The normalized spacial score (nSPS) is 16.2. The largest absolute Gasteiger partial charge is 0.376 e. The molecule has 1 saturated heterocycles. The maximum absolute atomic E-state index is 5.81. The third kappa shape index (κ3) is 8.86. The van der Waals surface area contributed by atoms with Crippen molar-refractivity contribution in [2.45, 2.75) is 18.4 Å². The minimum Gasteiger partial charge on any atom is -0.376 e. The first-order valence-electron chi connectivity index (χ1n) is 9.08. The zero-order valence-electron chi connectivity index (χ0n) is 15.6. The van der Waals surface area contributed by atoms with Crippen molar-refractivity contribution < 1.29 is 4.74 Å². The molecule has 0 aliphatic carbocycles. The summed E-state index contributed by atoms with van der Waals surface area (Å²) in [7, 11) is 0. The van der Waals surface area contributed by atoms with E-state index in [9.17, 15) is 0 Å². The van der Waals surface area contributed by atoms with Crippen LogP contribution in [0.25, 0.3) is 0 Å². The molecule has 1 unspecified atom stereocenters. The molecular weight excluding hydrogens is 399 g/mol. The zero-order valence-corrected chi connectivity index (χ0v) is 18.1. The number of hydrogen-bond donors (Lipinski definition) is 1. The minimum atomic E-state index is 0. The summed E-state index contributed by atoms with van der Waals surface area (Å²) >= 11 is 4.71. The molecule has 2 aromatic carbocycles. The number of ether oxygens (including phenoxy) is 1. The van der Waals surface area contributed by atoms with Gasteiger partial charge in [0.15, 0.2) is 0 Å². The van der Waals surface area contributed by atoms with Crippen molar-refractivity contribution in [1.29, 1.82) is 0 Å². The van der Waals surface area contributed by atoms with Crippen LogP contribution in [0.15, 0.2) is 60.7 Å². The molecule has 0 saturated carbocycles. The van der Waals surface area contributed by atoms with Gasteiger partial charge in [-0.25, -0.2) is 0 Å². The highest BCUT2D eigenvalue weighted by Gasteiger charge is 2.18. The van der Waals surface area contributed by atoms with Crippen LogP contribution in [0.2, 0.25) is 0 Å². The molecule has 1 heterocycles. The molecule has 2 aromatic rings. The van der Waals surface area contributed by atoms with E-state index < -0.39 is 0 Å². The van der Waals surface area contributed by atoms with E-state index in [1.807, 2.05) is 18.2 Å². The highest BCUT2D eigenvalue weighted by Crippen LogP contribution is 2.10. The van der Waals surface area contributed by atoms with Crippen LogP contribution in [0, 0.1) is 0 Å². The Morgan fingerprint density at radius 3 is 1.89 bits per heavy atom. The average Bonchev–Trinajstić information content (AvgIpc) is 2.65. The Morgan fingerprint density at radius 2 is 1.30 bits per heavy atom. The molecule has 1 atom stereocenters. The number of hydrogen-bond acceptors (Lipinski definition) is 4. The third-order valence-corrected chi connectivity index (χ3v) is 4.92. The van der Waals surface area contributed by atoms with Gasteiger partial charge in [0.25, 0.3) is 0 Å². The Hall–Kier alpha value is -0.750. The van der Waals surface area contributed by atoms with Gasteiger partial charge in [0.2, 0.25) is 0 Å². The maximum atomic E-state index is 5.81. The molecule has 150 valence electrons. The van der Waals surface area contributed by atoms with Gasteiger partial charge in [0, 0.05) is 44.5 Å². The smallest absolute Gasteiger partial charge is 0.0717 e. The van der Waals surface area contributed by atoms with Crippen LogP contribution in [-0.2, 0) is 17.9 Å². The predicted octanol–water partition coefficient (Wildman–Crippen LogP) is 4.16. The van der Waals surface area contributed by atoms with E-state index in [0.717, 1.165) is 39.3 Å². The maximum Gasteiger partial charge on any atom is 0.0717 e. The number of piperazine rings is 1. The fourth-order valence-corrected chi connectivity index (χ4v) is 3.55. The molecule has 1 aliphatic rings. The number of thiol groups is 1. The second-order valence-corrected chi connectivity index (χ2v) is 7.45. The van der Waals surface area contributed by atoms with Gasteiger partial charge < -0.3 is 4.74 Å². The summed E-state index contributed by atoms with van der Waals surface area (Å²) in [5.41, 5.74) is 2.62. The Morgan fingerprint density at radius 1 is 0.778 bits per heavy atom. The SMILES string of the molecule is Cl.Cl.SC(COCc1ccccc1)CN1CCN(Cc2ccccc2)CC1. The van der Waals surface area contributed by atoms with E-state index >= 15 is 0 Å². The summed E-state index contributed by atoms with van der Waals surface area (Å²) in [4.78, 5) is 5.04. The Labute approximate surface area is 181 Å². The molecule has 0 radical (unpaired) electrons. The van der Waals surface area contributed by atoms with E-state index in [1.54, 1.807) is 0 Å². The molecule has 6 heteroatoms. The van der Waals surface area contributed by atoms with Gasteiger partial charge in [0.1, 0.15) is 0 Å². The van der Waals surface area contributed by atoms with Crippen LogP contribution in [0.5, 0.6) is 0 Å². The Kier molecular flexibility index (Phi) is 12.1. The molecule has 1 aliphatic heterocycles. The lowest BCUT2D eigenvalue weighted by Gasteiger charge is -2.35. The Bertz CT molecular complexity index is 610. The number of rotatable bonds is 8. The van der Waals surface area contributed by atoms with Crippen molar-refractivity contribution in [3.8, 4) is 0 Å². The summed E-state index contributed by atoms with van der Waals surface area (Å²) in [5, 5.41) is 0.268. The molecule has 0 N–H and O–H groups in total. The fourth-order valence-electron chi connectivity index (χ4n) is 3.21. The van der Waals surface area contributed by atoms with Gasteiger partial charge in [0.05, 0.1) is 13.2 Å². The van der Waals surface area contributed by atoms with Crippen molar-refractivity contribution in [2.24, 2.45) is 0 Å². The topological polar surface area (TPSA) is 15.7 Å². The van der Waals surface area contributed by atoms with Gasteiger partial charge in [-0.3, -0.25) is 9.80 Å². The summed E-state index contributed by atoms with van der Waals surface area (Å²) in [6.45, 7) is 7.90. The van der Waals surface area contributed by atoms with E-state index in [-0.39, 0.29) is 30.1 Å². The zero-order chi connectivity index (χ0) is 17.3. The van der Waals surface area contributed by atoms with E-state index in [1.165, 1.54) is 11.1 Å². The monoisotopic (exact) mass is 428 g/mol. The molecule has 3 nitrogen and oxygen atoms in total.